The molecule has 1 aliphatic heterocycles. The minimum atomic E-state index is -0.834. The van der Waals surface area contributed by atoms with E-state index >= 15 is 0 Å². The number of H-pyrrole nitrogens is 1. The van der Waals surface area contributed by atoms with Crippen molar-refractivity contribution in [3.05, 3.63) is 94.2 Å². The standard InChI is InChI=1S/C31H34N2O3S/c1-18-10-12-23(31(2,3)4)27(14-18)37-17-20-15-19(11-13-26(20)36-5)28-29-22(16-25(33-28)30(34)35)21-8-6-7-9-24(21)32-29/h6-15,25,28,32-33H,16-17H2,1-5H3,(H,34,35)/t25-,28+/m0/s1. The van der Waals surface area contributed by atoms with Gasteiger partial charge in [0.25, 0.3) is 0 Å². The Balaban J connectivity index is 1.52. The third kappa shape index (κ3) is 5.00. The van der Waals surface area contributed by atoms with Crippen molar-refractivity contribution in [1.82, 2.24) is 10.3 Å². The average molecular weight is 515 g/mol. The zero-order chi connectivity index (χ0) is 26.3. The Hall–Kier alpha value is -3.22. The molecule has 0 saturated heterocycles. The summed E-state index contributed by atoms with van der Waals surface area (Å²) < 4.78 is 5.74. The lowest BCUT2D eigenvalue weighted by molar-refractivity contribution is -0.139. The number of hydrogen-bond donors (Lipinski definition) is 3. The molecule has 0 aliphatic carbocycles. The third-order valence-corrected chi connectivity index (χ3v) is 8.28. The molecular formula is C31H34N2O3S. The van der Waals surface area contributed by atoms with E-state index in [1.165, 1.54) is 16.0 Å². The van der Waals surface area contributed by atoms with Crippen LogP contribution in [-0.4, -0.2) is 29.2 Å². The molecule has 1 aliphatic rings. The summed E-state index contributed by atoms with van der Waals surface area (Å²) in [7, 11) is 1.70. The second-order valence-electron chi connectivity index (χ2n) is 10.9. The van der Waals surface area contributed by atoms with Gasteiger partial charge in [-0.05, 0) is 58.9 Å². The molecule has 37 heavy (non-hydrogen) atoms. The fourth-order valence-electron chi connectivity index (χ4n) is 5.27. The van der Waals surface area contributed by atoms with Gasteiger partial charge in [-0.15, -0.1) is 11.8 Å². The Morgan fingerprint density at radius 1 is 1.11 bits per heavy atom. The van der Waals surface area contributed by atoms with Crippen LogP contribution >= 0.6 is 11.8 Å². The highest BCUT2D eigenvalue weighted by Gasteiger charge is 2.34. The first-order valence-corrected chi connectivity index (χ1v) is 13.6. The summed E-state index contributed by atoms with van der Waals surface area (Å²) in [5.74, 6) is 0.751. The number of methoxy groups -OCH3 is 1. The van der Waals surface area contributed by atoms with E-state index in [1.807, 2.05) is 42.1 Å². The molecule has 2 heterocycles. The van der Waals surface area contributed by atoms with E-state index in [4.69, 9.17) is 4.74 Å². The number of carboxylic acids is 1. The molecule has 192 valence electrons. The predicted octanol–water partition coefficient (Wildman–Crippen LogP) is 6.76. The van der Waals surface area contributed by atoms with Crippen LogP contribution in [0.15, 0.2) is 65.6 Å². The average Bonchev–Trinajstić information content (AvgIpc) is 3.24. The van der Waals surface area contributed by atoms with Crippen LogP contribution in [0.2, 0.25) is 0 Å². The van der Waals surface area contributed by atoms with Crippen molar-refractivity contribution in [3.63, 3.8) is 0 Å². The number of nitrogens with one attached hydrogen (secondary N) is 2. The number of aliphatic carboxylic acids is 1. The highest BCUT2D eigenvalue weighted by molar-refractivity contribution is 7.98. The fraction of sp³-hybridized carbons (Fsp3) is 0.323. The summed E-state index contributed by atoms with van der Waals surface area (Å²) in [6.45, 7) is 8.86. The molecule has 0 bridgehead atoms. The SMILES string of the molecule is COc1ccc([C@H]2N[C@H](C(=O)O)Cc3c2[nH]c2ccccc32)cc1CSc1cc(C)ccc1C(C)(C)C. The maximum atomic E-state index is 12.1. The Morgan fingerprint density at radius 2 is 1.89 bits per heavy atom. The number of benzene rings is 3. The number of carboxylic acid groups (broad SMARTS) is 1. The number of fused-ring (bicyclic) bond motifs is 3. The fourth-order valence-corrected chi connectivity index (χ4v) is 6.61. The first-order valence-electron chi connectivity index (χ1n) is 12.6. The van der Waals surface area contributed by atoms with Gasteiger partial charge in [0.05, 0.1) is 13.2 Å². The summed E-state index contributed by atoms with van der Waals surface area (Å²) in [5.41, 5.74) is 7.88. The molecule has 3 N–H and O–H groups in total. The highest BCUT2D eigenvalue weighted by Crippen LogP contribution is 2.39. The molecule has 0 spiro atoms. The van der Waals surface area contributed by atoms with Crippen molar-refractivity contribution in [2.45, 2.75) is 62.3 Å². The van der Waals surface area contributed by atoms with Crippen molar-refractivity contribution in [1.29, 1.82) is 0 Å². The van der Waals surface area contributed by atoms with Crippen LogP contribution in [-0.2, 0) is 22.4 Å². The van der Waals surface area contributed by atoms with E-state index in [2.05, 4.69) is 68.3 Å². The van der Waals surface area contributed by atoms with Crippen molar-refractivity contribution in [2.75, 3.05) is 7.11 Å². The molecule has 3 aromatic carbocycles. The molecule has 6 heteroatoms. The van der Waals surface area contributed by atoms with Gasteiger partial charge in [-0.25, -0.2) is 0 Å². The van der Waals surface area contributed by atoms with Crippen molar-refractivity contribution in [3.8, 4) is 5.75 Å². The number of rotatable bonds is 6. The Kier molecular flexibility index (Phi) is 6.82. The van der Waals surface area contributed by atoms with Crippen LogP contribution in [0.1, 0.15) is 60.3 Å². The topological polar surface area (TPSA) is 74.3 Å². The number of thioether (sulfide) groups is 1. The smallest absolute Gasteiger partial charge is 0.321 e. The minimum Gasteiger partial charge on any atom is -0.496 e. The molecule has 0 saturated carbocycles. The first kappa shape index (κ1) is 25.4. The molecular weight excluding hydrogens is 480 g/mol. The summed E-state index contributed by atoms with van der Waals surface area (Å²) in [6.07, 6.45) is 0.451. The maximum Gasteiger partial charge on any atom is 0.321 e. The van der Waals surface area contributed by atoms with Crippen molar-refractivity contribution < 1.29 is 14.6 Å². The highest BCUT2D eigenvalue weighted by atomic mass is 32.2. The monoisotopic (exact) mass is 514 g/mol. The second kappa shape index (κ2) is 9.92. The number of aryl methyl sites for hydroxylation is 1. The van der Waals surface area contributed by atoms with Crippen LogP contribution < -0.4 is 10.1 Å². The summed E-state index contributed by atoms with van der Waals surface area (Å²) in [4.78, 5) is 16.9. The van der Waals surface area contributed by atoms with Crippen molar-refractivity contribution in [2.24, 2.45) is 0 Å². The number of aromatic nitrogens is 1. The van der Waals surface area contributed by atoms with E-state index in [-0.39, 0.29) is 11.5 Å². The Labute approximate surface area is 222 Å². The number of aromatic amines is 1. The lowest BCUT2D eigenvalue weighted by Gasteiger charge is -2.30. The summed E-state index contributed by atoms with van der Waals surface area (Å²) in [6, 6.07) is 20.1. The maximum absolute atomic E-state index is 12.1. The van der Waals surface area contributed by atoms with Gasteiger partial charge in [0.2, 0.25) is 0 Å². The van der Waals surface area contributed by atoms with Crippen LogP contribution in [0.3, 0.4) is 0 Å². The molecule has 4 aromatic rings. The van der Waals surface area contributed by atoms with Crippen LogP contribution in [0, 0.1) is 6.92 Å². The number of hydrogen-bond acceptors (Lipinski definition) is 4. The molecule has 0 amide bonds. The van der Waals surface area contributed by atoms with Gasteiger partial charge in [0, 0.05) is 39.2 Å². The zero-order valence-electron chi connectivity index (χ0n) is 22.0. The van der Waals surface area contributed by atoms with Gasteiger partial charge in [-0.1, -0.05) is 57.2 Å². The molecule has 0 unspecified atom stereocenters. The quantitative estimate of drug-likeness (QED) is 0.248. The van der Waals surface area contributed by atoms with Gasteiger partial charge in [0.15, 0.2) is 0 Å². The van der Waals surface area contributed by atoms with Gasteiger partial charge in [-0.3, -0.25) is 10.1 Å². The molecule has 0 fully saturated rings. The van der Waals surface area contributed by atoms with Crippen LogP contribution in [0.5, 0.6) is 5.75 Å². The summed E-state index contributed by atoms with van der Waals surface area (Å²) in [5, 5.41) is 14.4. The van der Waals surface area contributed by atoms with E-state index in [9.17, 15) is 9.90 Å². The van der Waals surface area contributed by atoms with Gasteiger partial charge in [0.1, 0.15) is 11.8 Å². The molecule has 5 nitrogen and oxygen atoms in total. The Bertz CT molecular complexity index is 1470. The third-order valence-electron chi connectivity index (χ3n) is 7.18. The number of ether oxygens (including phenoxy) is 1. The van der Waals surface area contributed by atoms with E-state index in [0.717, 1.165) is 44.8 Å². The second-order valence-corrected chi connectivity index (χ2v) is 11.9. The number of para-hydroxylation sites is 1. The minimum absolute atomic E-state index is 0.0475. The van der Waals surface area contributed by atoms with Gasteiger partial charge < -0.3 is 14.8 Å². The largest absolute Gasteiger partial charge is 0.496 e. The number of carbonyl (C=O) groups is 1. The van der Waals surface area contributed by atoms with Gasteiger partial charge >= 0.3 is 5.97 Å². The van der Waals surface area contributed by atoms with Crippen LogP contribution in [0.4, 0.5) is 0 Å². The van der Waals surface area contributed by atoms with Gasteiger partial charge in [-0.2, -0.15) is 0 Å². The lowest BCUT2D eigenvalue weighted by atomic mass is 9.86. The van der Waals surface area contributed by atoms with Crippen molar-refractivity contribution >= 4 is 28.6 Å². The van der Waals surface area contributed by atoms with Crippen LogP contribution in [0.25, 0.3) is 10.9 Å². The first-order chi connectivity index (χ1) is 17.7. The predicted molar refractivity (Wildman–Crippen MR) is 151 cm³/mol. The molecule has 0 radical (unpaired) electrons. The normalized spacial score (nSPS) is 17.5. The molecule has 5 rings (SSSR count). The zero-order valence-corrected chi connectivity index (χ0v) is 22.8. The molecule has 2 atom stereocenters. The molecule has 1 aromatic heterocycles. The van der Waals surface area contributed by atoms with E-state index in [0.29, 0.717) is 6.42 Å². The Morgan fingerprint density at radius 3 is 2.62 bits per heavy atom. The summed E-state index contributed by atoms with van der Waals surface area (Å²) >= 11 is 1.82. The van der Waals surface area contributed by atoms with E-state index in [1.54, 1.807) is 7.11 Å². The lowest BCUT2D eigenvalue weighted by Crippen LogP contribution is -2.45. The van der Waals surface area contributed by atoms with E-state index < -0.39 is 12.0 Å².